The SMILES string of the molecule is CCC1CCCCN1C(=O)c1nc(NN)ccc1Cl. The Hall–Kier alpha value is -1.33. The second-order valence-electron chi connectivity index (χ2n) is 4.73. The van der Waals surface area contributed by atoms with Gasteiger partial charge in [0, 0.05) is 12.6 Å². The molecule has 1 aliphatic rings. The van der Waals surface area contributed by atoms with Gasteiger partial charge in [-0.3, -0.25) is 4.79 Å². The molecule has 1 aromatic heterocycles. The molecule has 104 valence electrons. The van der Waals surface area contributed by atoms with Gasteiger partial charge in [0.1, 0.15) is 11.5 Å². The molecule has 1 atom stereocenters. The fourth-order valence-electron chi connectivity index (χ4n) is 2.50. The maximum absolute atomic E-state index is 12.6. The number of halogens is 1. The third-order valence-corrected chi connectivity index (χ3v) is 3.86. The molecular weight excluding hydrogens is 264 g/mol. The maximum Gasteiger partial charge on any atom is 0.274 e. The molecule has 1 fully saturated rings. The normalized spacial score (nSPS) is 19.3. The number of hydrogen-bond acceptors (Lipinski definition) is 4. The first-order chi connectivity index (χ1) is 9.17. The predicted molar refractivity (Wildman–Crippen MR) is 76.0 cm³/mol. The Morgan fingerprint density at radius 1 is 1.58 bits per heavy atom. The van der Waals surface area contributed by atoms with Crippen molar-refractivity contribution in [1.82, 2.24) is 9.88 Å². The van der Waals surface area contributed by atoms with Crippen molar-refractivity contribution in [3.05, 3.63) is 22.8 Å². The van der Waals surface area contributed by atoms with Crippen LogP contribution in [0.1, 0.15) is 43.1 Å². The molecular formula is C13H19ClN4O. The van der Waals surface area contributed by atoms with Crippen LogP contribution in [0, 0.1) is 0 Å². The number of hydrazine groups is 1. The summed E-state index contributed by atoms with van der Waals surface area (Å²) in [5, 5.41) is 0.365. The minimum Gasteiger partial charge on any atom is -0.334 e. The van der Waals surface area contributed by atoms with E-state index in [1.54, 1.807) is 12.1 Å². The molecule has 0 saturated carbocycles. The van der Waals surface area contributed by atoms with Gasteiger partial charge in [0.15, 0.2) is 0 Å². The molecule has 19 heavy (non-hydrogen) atoms. The summed E-state index contributed by atoms with van der Waals surface area (Å²) >= 11 is 6.08. The van der Waals surface area contributed by atoms with Crippen LogP contribution in [0.4, 0.5) is 5.82 Å². The predicted octanol–water partition coefficient (Wildman–Crippen LogP) is 2.43. The molecule has 0 spiro atoms. The third-order valence-electron chi connectivity index (χ3n) is 3.56. The van der Waals surface area contributed by atoms with E-state index < -0.39 is 0 Å². The lowest BCUT2D eigenvalue weighted by molar-refractivity contribution is 0.0602. The smallest absolute Gasteiger partial charge is 0.274 e. The van der Waals surface area contributed by atoms with Crippen LogP contribution in [0.5, 0.6) is 0 Å². The van der Waals surface area contributed by atoms with Gasteiger partial charge in [-0.25, -0.2) is 10.8 Å². The van der Waals surface area contributed by atoms with Crippen LogP contribution in [-0.2, 0) is 0 Å². The Morgan fingerprint density at radius 2 is 2.37 bits per heavy atom. The molecule has 1 amide bonds. The highest BCUT2D eigenvalue weighted by atomic mass is 35.5. The Kier molecular flexibility index (Phi) is 4.61. The Bertz CT molecular complexity index is 466. The quantitative estimate of drug-likeness (QED) is 0.660. The molecule has 5 nitrogen and oxygen atoms in total. The zero-order chi connectivity index (χ0) is 13.8. The molecule has 3 N–H and O–H groups in total. The number of nitrogens with zero attached hydrogens (tertiary/aromatic N) is 2. The number of nitrogen functional groups attached to an aromatic ring is 1. The van der Waals surface area contributed by atoms with Gasteiger partial charge in [-0.05, 0) is 37.8 Å². The number of aromatic nitrogens is 1. The summed E-state index contributed by atoms with van der Waals surface area (Å²) in [6.07, 6.45) is 4.22. The summed E-state index contributed by atoms with van der Waals surface area (Å²) in [6, 6.07) is 3.57. The van der Waals surface area contributed by atoms with Crippen molar-refractivity contribution < 1.29 is 4.79 Å². The van der Waals surface area contributed by atoms with Crippen molar-refractivity contribution in [2.24, 2.45) is 5.84 Å². The van der Waals surface area contributed by atoms with Gasteiger partial charge in [-0.1, -0.05) is 18.5 Å². The molecule has 2 rings (SSSR count). The molecule has 1 unspecified atom stereocenters. The zero-order valence-corrected chi connectivity index (χ0v) is 11.8. The van der Waals surface area contributed by atoms with Crippen LogP contribution in [0.15, 0.2) is 12.1 Å². The van der Waals surface area contributed by atoms with Crippen LogP contribution in [-0.4, -0.2) is 28.4 Å². The zero-order valence-electron chi connectivity index (χ0n) is 11.0. The fourth-order valence-corrected chi connectivity index (χ4v) is 2.69. The lowest BCUT2D eigenvalue weighted by atomic mass is 9.99. The number of nitrogens with two attached hydrogens (primary N) is 1. The molecule has 1 aliphatic heterocycles. The van der Waals surface area contributed by atoms with Crippen LogP contribution in [0.25, 0.3) is 0 Å². The molecule has 1 saturated heterocycles. The standard InChI is InChI=1S/C13H19ClN4O/c1-2-9-5-3-4-8-18(9)13(19)12-10(14)6-7-11(16-12)17-15/h6-7,9H,2-5,8,15H2,1H3,(H,16,17). The van der Waals surface area contributed by atoms with Crippen LogP contribution in [0.2, 0.25) is 5.02 Å². The van der Waals surface area contributed by atoms with Crippen molar-refractivity contribution >= 4 is 23.3 Å². The Labute approximate surface area is 118 Å². The van der Waals surface area contributed by atoms with Gasteiger partial charge in [0.2, 0.25) is 0 Å². The summed E-state index contributed by atoms with van der Waals surface area (Å²) in [5.41, 5.74) is 2.71. The van der Waals surface area contributed by atoms with Crippen molar-refractivity contribution in [3.8, 4) is 0 Å². The third kappa shape index (κ3) is 2.98. The number of likely N-dealkylation sites (tertiary alicyclic amines) is 1. The van der Waals surface area contributed by atoms with Gasteiger partial charge in [-0.2, -0.15) is 0 Å². The number of hydrogen-bond donors (Lipinski definition) is 2. The number of pyridine rings is 1. The van der Waals surface area contributed by atoms with E-state index in [2.05, 4.69) is 17.3 Å². The maximum atomic E-state index is 12.6. The number of rotatable bonds is 3. The molecule has 0 bridgehead atoms. The van der Waals surface area contributed by atoms with Crippen molar-refractivity contribution in [3.63, 3.8) is 0 Å². The van der Waals surface area contributed by atoms with Crippen molar-refractivity contribution in [1.29, 1.82) is 0 Å². The topological polar surface area (TPSA) is 71.2 Å². The van der Waals surface area contributed by atoms with Crippen molar-refractivity contribution in [2.45, 2.75) is 38.6 Å². The summed E-state index contributed by atoms with van der Waals surface area (Å²) in [4.78, 5) is 18.6. The van der Waals surface area contributed by atoms with E-state index in [0.29, 0.717) is 10.8 Å². The minimum atomic E-state index is -0.103. The summed E-state index contributed by atoms with van der Waals surface area (Å²) in [6.45, 7) is 2.87. The molecule has 6 heteroatoms. The minimum absolute atomic E-state index is 0.103. The van der Waals surface area contributed by atoms with Gasteiger partial charge in [0.25, 0.3) is 5.91 Å². The molecule has 2 heterocycles. The summed E-state index contributed by atoms with van der Waals surface area (Å²) in [5.74, 6) is 5.66. The van der Waals surface area contributed by atoms with Gasteiger partial charge in [0.05, 0.1) is 5.02 Å². The van der Waals surface area contributed by atoms with Crippen LogP contribution in [0.3, 0.4) is 0 Å². The largest absolute Gasteiger partial charge is 0.334 e. The van der Waals surface area contributed by atoms with E-state index in [1.807, 2.05) is 4.90 Å². The monoisotopic (exact) mass is 282 g/mol. The second-order valence-corrected chi connectivity index (χ2v) is 5.13. The molecule has 0 radical (unpaired) electrons. The van der Waals surface area contributed by atoms with E-state index in [1.165, 1.54) is 6.42 Å². The average molecular weight is 283 g/mol. The number of carbonyl (C=O) groups excluding carboxylic acids is 1. The number of nitrogens with one attached hydrogen (secondary N) is 1. The number of amides is 1. The van der Waals surface area contributed by atoms with Crippen LogP contribution < -0.4 is 11.3 Å². The number of carbonyl (C=O) groups is 1. The summed E-state index contributed by atoms with van der Waals surface area (Å²) < 4.78 is 0. The first-order valence-electron chi connectivity index (χ1n) is 6.61. The Morgan fingerprint density at radius 3 is 3.05 bits per heavy atom. The number of anilines is 1. The van der Waals surface area contributed by atoms with Crippen LogP contribution >= 0.6 is 11.6 Å². The Balaban J connectivity index is 2.27. The van der Waals surface area contributed by atoms with E-state index in [-0.39, 0.29) is 17.6 Å². The molecule has 0 aromatic carbocycles. The molecule has 0 aliphatic carbocycles. The fraction of sp³-hybridized carbons (Fsp3) is 0.538. The highest BCUT2D eigenvalue weighted by Gasteiger charge is 2.28. The highest BCUT2D eigenvalue weighted by molar-refractivity contribution is 6.33. The number of piperidine rings is 1. The first kappa shape index (κ1) is 14.1. The lowest BCUT2D eigenvalue weighted by Gasteiger charge is -2.35. The van der Waals surface area contributed by atoms with Gasteiger partial charge in [-0.15, -0.1) is 0 Å². The van der Waals surface area contributed by atoms with E-state index >= 15 is 0 Å². The van der Waals surface area contributed by atoms with Gasteiger partial charge >= 0.3 is 0 Å². The molecule has 1 aromatic rings. The first-order valence-corrected chi connectivity index (χ1v) is 6.99. The second kappa shape index (κ2) is 6.21. The van der Waals surface area contributed by atoms with E-state index in [4.69, 9.17) is 17.4 Å². The average Bonchev–Trinajstić information content (AvgIpc) is 2.47. The van der Waals surface area contributed by atoms with Gasteiger partial charge < -0.3 is 10.3 Å². The van der Waals surface area contributed by atoms with E-state index in [9.17, 15) is 4.79 Å². The highest BCUT2D eigenvalue weighted by Crippen LogP contribution is 2.24. The lowest BCUT2D eigenvalue weighted by Crippen LogP contribution is -2.43. The van der Waals surface area contributed by atoms with E-state index in [0.717, 1.165) is 25.8 Å². The summed E-state index contributed by atoms with van der Waals surface area (Å²) in [7, 11) is 0. The van der Waals surface area contributed by atoms with Crippen molar-refractivity contribution in [2.75, 3.05) is 12.0 Å².